The number of carbonyl (C=O) groups excluding carboxylic acids is 1. The minimum absolute atomic E-state index is 0.277. The molecule has 6 heteroatoms. The average Bonchev–Trinajstić information content (AvgIpc) is 2.85. The zero-order chi connectivity index (χ0) is 15.0. The van der Waals surface area contributed by atoms with Crippen molar-refractivity contribution >= 4 is 17.3 Å². The second-order valence-corrected chi connectivity index (χ2v) is 4.50. The van der Waals surface area contributed by atoms with Crippen LogP contribution in [0.4, 0.5) is 10.1 Å². The molecule has 0 aliphatic rings. The number of nitrogens with two attached hydrogens (primary N) is 1. The van der Waals surface area contributed by atoms with Crippen molar-refractivity contribution in [3.63, 3.8) is 0 Å². The van der Waals surface area contributed by atoms with Gasteiger partial charge in [-0.1, -0.05) is 0 Å². The lowest BCUT2D eigenvalue weighted by Gasteiger charge is -2.03. The zero-order valence-electron chi connectivity index (χ0n) is 11.2. The van der Waals surface area contributed by atoms with E-state index in [4.69, 9.17) is 10.5 Å². The van der Waals surface area contributed by atoms with Crippen molar-refractivity contribution in [2.75, 3.05) is 12.8 Å². The van der Waals surface area contributed by atoms with Gasteiger partial charge in [0.05, 0.1) is 7.11 Å². The van der Waals surface area contributed by atoms with Gasteiger partial charge in [-0.2, -0.15) is 0 Å². The van der Waals surface area contributed by atoms with Gasteiger partial charge in [0.1, 0.15) is 17.2 Å². The molecular formula is C15H12FN3O2. The Morgan fingerprint density at radius 2 is 2.00 bits per heavy atom. The highest BCUT2D eigenvalue weighted by Crippen LogP contribution is 2.26. The van der Waals surface area contributed by atoms with Crippen molar-refractivity contribution in [3.05, 3.63) is 54.1 Å². The van der Waals surface area contributed by atoms with Gasteiger partial charge in [0.2, 0.25) is 0 Å². The second-order valence-electron chi connectivity index (χ2n) is 4.50. The van der Waals surface area contributed by atoms with Gasteiger partial charge in [0.25, 0.3) is 0 Å². The van der Waals surface area contributed by atoms with Gasteiger partial charge in [-0.3, -0.25) is 4.40 Å². The van der Waals surface area contributed by atoms with E-state index >= 15 is 0 Å². The quantitative estimate of drug-likeness (QED) is 0.734. The van der Waals surface area contributed by atoms with Gasteiger partial charge < -0.3 is 10.5 Å². The lowest BCUT2D eigenvalue weighted by atomic mass is 10.1. The number of anilines is 1. The van der Waals surface area contributed by atoms with Crippen LogP contribution in [-0.2, 0) is 4.74 Å². The van der Waals surface area contributed by atoms with E-state index in [0.717, 1.165) is 0 Å². The van der Waals surface area contributed by atoms with E-state index in [2.05, 4.69) is 4.98 Å². The topological polar surface area (TPSA) is 69.6 Å². The Morgan fingerprint density at radius 3 is 2.67 bits per heavy atom. The fraction of sp³-hybridized carbons (Fsp3) is 0.0667. The summed E-state index contributed by atoms with van der Waals surface area (Å²) in [6.45, 7) is 0. The molecule has 2 aromatic heterocycles. The number of pyridine rings is 1. The molecule has 0 aliphatic heterocycles. The number of benzene rings is 1. The maximum absolute atomic E-state index is 13.1. The summed E-state index contributed by atoms with van der Waals surface area (Å²) in [4.78, 5) is 16.4. The SMILES string of the molecule is COC(=O)c1c(-c2ccc(F)cc2)nc2cc(N)ccn12. The van der Waals surface area contributed by atoms with Gasteiger partial charge in [0.15, 0.2) is 5.69 Å². The molecule has 0 saturated heterocycles. The van der Waals surface area contributed by atoms with Crippen LogP contribution in [0.15, 0.2) is 42.6 Å². The van der Waals surface area contributed by atoms with Crippen molar-refractivity contribution < 1.29 is 13.9 Å². The summed E-state index contributed by atoms with van der Waals surface area (Å²) in [5.41, 5.74) is 8.12. The van der Waals surface area contributed by atoms with E-state index < -0.39 is 5.97 Å². The number of nitrogen functional groups attached to an aromatic ring is 1. The zero-order valence-corrected chi connectivity index (χ0v) is 11.2. The first kappa shape index (κ1) is 13.1. The van der Waals surface area contributed by atoms with Crippen molar-refractivity contribution in [2.45, 2.75) is 0 Å². The Morgan fingerprint density at radius 1 is 1.29 bits per heavy atom. The molecule has 0 aliphatic carbocycles. The molecule has 0 spiro atoms. The maximum Gasteiger partial charge on any atom is 0.357 e. The van der Waals surface area contributed by atoms with Gasteiger partial charge >= 0.3 is 5.97 Å². The van der Waals surface area contributed by atoms with Gasteiger partial charge in [-0.15, -0.1) is 0 Å². The van der Waals surface area contributed by atoms with Gasteiger partial charge in [0, 0.05) is 23.5 Å². The van der Waals surface area contributed by atoms with Crippen molar-refractivity contribution in [2.24, 2.45) is 0 Å². The first-order valence-electron chi connectivity index (χ1n) is 6.22. The van der Waals surface area contributed by atoms with Crippen LogP contribution in [0.2, 0.25) is 0 Å². The number of hydrogen-bond acceptors (Lipinski definition) is 4. The minimum atomic E-state index is -0.522. The van der Waals surface area contributed by atoms with Crippen molar-refractivity contribution in [3.8, 4) is 11.3 Å². The molecule has 3 aromatic rings. The highest BCUT2D eigenvalue weighted by molar-refractivity contribution is 5.96. The Bertz CT molecular complexity index is 825. The second kappa shape index (κ2) is 4.90. The van der Waals surface area contributed by atoms with E-state index in [1.807, 2.05) is 0 Å². The number of fused-ring (bicyclic) bond motifs is 1. The van der Waals surface area contributed by atoms with Crippen LogP contribution in [0.5, 0.6) is 0 Å². The van der Waals surface area contributed by atoms with Crippen molar-refractivity contribution in [1.82, 2.24) is 9.38 Å². The van der Waals surface area contributed by atoms with E-state index in [1.165, 1.54) is 19.2 Å². The van der Waals surface area contributed by atoms with Crippen LogP contribution in [0, 0.1) is 5.82 Å². The third kappa shape index (κ3) is 2.20. The molecule has 106 valence electrons. The molecule has 21 heavy (non-hydrogen) atoms. The standard InChI is InChI=1S/C15H12FN3O2/c1-21-15(20)14-13(9-2-4-10(16)5-3-9)18-12-8-11(17)6-7-19(12)14/h2-8H,17H2,1H3. The molecule has 2 N–H and O–H groups in total. The Kier molecular flexibility index (Phi) is 3.06. The summed E-state index contributed by atoms with van der Waals surface area (Å²) in [7, 11) is 1.30. The number of halogens is 1. The molecule has 0 saturated carbocycles. The van der Waals surface area contributed by atoms with Crippen LogP contribution < -0.4 is 5.73 Å². The Labute approximate surface area is 119 Å². The summed E-state index contributed by atoms with van der Waals surface area (Å²) in [6, 6.07) is 9.07. The molecular weight excluding hydrogens is 273 g/mol. The predicted octanol–water partition coefficient (Wildman–Crippen LogP) is 2.51. The number of nitrogens with zero attached hydrogens (tertiary/aromatic N) is 2. The van der Waals surface area contributed by atoms with Crippen molar-refractivity contribution in [1.29, 1.82) is 0 Å². The normalized spacial score (nSPS) is 10.8. The fourth-order valence-corrected chi connectivity index (χ4v) is 2.16. The highest BCUT2D eigenvalue weighted by atomic mass is 19.1. The van der Waals surface area contributed by atoms with Crippen LogP contribution in [0.25, 0.3) is 16.9 Å². The Hall–Kier alpha value is -2.89. The molecule has 0 atom stereocenters. The highest BCUT2D eigenvalue weighted by Gasteiger charge is 2.21. The molecule has 0 unspecified atom stereocenters. The molecule has 5 nitrogen and oxygen atoms in total. The fourth-order valence-electron chi connectivity index (χ4n) is 2.16. The van der Waals surface area contributed by atoms with Crippen LogP contribution in [-0.4, -0.2) is 22.5 Å². The number of imidazole rings is 1. The minimum Gasteiger partial charge on any atom is -0.464 e. The summed E-state index contributed by atoms with van der Waals surface area (Å²) < 4.78 is 19.5. The third-order valence-electron chi connectivity index (χ3n) is 3.15. The summed E-state index contributed by atoms with van der Waals surface area (Å²) >= 11 is 0. The van der Waals surface area contributed by atoms with E-state index in [0.29, 0.717) is 22.6 Å². The van der Waals surface area contributed by atoms with Crippen LogP contribution in [0.1, 0.15) is 10.5 Å². The number of methoxy groups -OCH3 is 1. The van der Waals surface area contributed by atoms with Crippen LogP contribution >= 0.6 is 0 Å². The Balaban J connectivity index is 2.30. The van der Waals surface area contributed by atoms with Gasteiger partial charge in [-0.25, -0.2) is 14.2 Å². The molecule has 1 aromatic carbocycles. The monoisotopic (exact) mass is 285 g/mol. The van der Waals surface area contributed by atoms with E-state index in [9.17, 15) is 9.18 Å². The molecule has 0 fully saturated rings. The first-order chi connectivity index (χ1) is 10.1. The summed E-state index contributed by atoms with van der Waals surface area (Å²) in [5.74, 6) is -0.877. The largest absolute Gasteiger partial charge is 0.464 e. The molecule has 2 heterocycles. The van der Waals surface area contributed by atoms with E-state index in [1.54, 1.807) is 34.9 Å². The molecule has 0 bridgehead atoms. The smallest absolute Gasteiger partial charge is 0.357 e. The maximum atomic E-state index is 13.1. The molecule has 0 radical (unpaired) electrons. The number of ether oxygens (including phenoxy) is 1. The number of rotatable bonds is 2. The first-order valence-corrected chi connectivity index (χ1v) is 6.22. The average molecular weight is 285 g/mol. The predicted molar refractivity (Wildman–Crippen MR) is 76.3 cm³/mol. The number of esters is 1. The number of aromatic nitrogens is 2. The number of carbonyl (C=O) groups is 1. The summed E-state index contributed by atoms with van der Waals surface area (Å²) in [5, 5.41) is 0. The van der Waals surface area contributed by atoms with Gasteiger partial charge in [-0.05, 0) is 30.3 Å². The van der Waals surface area contributed by atoms with E-state index in [-0.39, 0.29) is 11.5 Å². The lowest BCUT2D eigenvalue weighted by Crippen LogP contribution is -2.07. The lowest BCUT2D eigenvalue weighted by molar-refractivity contribution is 0.0594. The van der Waals surface area contributed by atoms with Crippen LogP contribution in [0.3, 0.4) is 0 Å². The third-order valence-corrected chi connectivity index (χ3v) is 3.15. The summed E-state index contributed by atoms with van der Waals surface area (Å²) in [6.07, 6.45) is 1.65. The molecule has 3 rings (SSSR count). The molecule has 0 amide bonds. The number of hydrogen-bond donors (Lipinski definition) is 1.